The van der Waals surface area contributed by atoms with Crippen molar-refractivity contribution in [2.45, 2.75) is 51.4 Å². The summed E-state index contributed by atoms with van der Waals surface area (Å²) in [5, 5.41) is 24.8. The molecule has 0 aromatic heterocycles. The van der Waals surface area contributed by atoms with Crippen molar-refractivity contribution in [1.29, 1.82) is 0 Å². The van der Waals surface area contributed by atoms with Crippen molar-refractivity contribution in [3.63, 3.8) is 0 Å². The van der Waals surface area contributed by atoms with E-state index in [-0.39, 0.29) is 25.3 Å². The van der Waals surface area contributed by atoms with Gasteiger partial charge in [-0.2, -0.15) is 0 Å². The van der Waals surface area contributed by atoms with Gasteiger partial charge < -0.3 is 19.8 Å². The molecule has 4 rings (SSSR count). The first-order chi connectivity index (χ1) is 18.3. The lowest BCUT2D eigenvalue weighted by Gasteiger charge is -2.44. The number of aryl methyl sites for hydroxylation is 1. The molecule has 0 radical (unpaired) electrons. The van der Waals surface area contributed by atoms with Crippen molar-refractivity contribution < 1.29 is 29.4 Å². The highest BCUT2D eigenvalue weighted by atomic mass is 16.5. The number of ether oxygens (including phenoxy) is 2. The Morgan fingerprint density at radius 3 is 1.87 bits per heavy atom. The number of hydrogen-bond acceptors (Lipinski definition) is 7. The predicted molar refractivity (Wildman–Crippen MR) is 142 cm³/mol. The van der Waals surface area contributed by atoms with E-state index in [9.17, 15) is 19.9 Å². The maximum absolute atomic E-state index is 13.6. The number of aliphatic hydroxyl groups is 1. The largest absolute Gasteiger partial charge is 0.461 e. The first-order valence-electron chi connectivity index (χ1n) is 12.8. The predicted octanol–water partition coefficient (Wildman–Crippen LogP) is 5.04. The van der Waals surface area contributed by atoms with E-state index in [1.807, 2.05) is 91.9 Å². The number of benzene rings is 3. The molecule has 1 saturated carbocycles. The molecule has 0 spiro atoms. The summed E-state index contributed by atoms with van der Waals surface area (Å²) in [4.78, 5) is 27.2. The van der Waals surface area contributed by atoms with Crippen LogP contribution in [-0.2, 0) is 38.7 Å². The fourth-order valence-corrected chi connectivity index (χ4v) is 5.15. The minimum atomic E-state index is -1.64. The lowest BCUT2D eigenvalue weighted by molar-refractivity contribution is -0.165. The van der Waals surface area contributed by atoms with Crippen molar-refractivity contribution in [2.75, 3.05) is 0 Å². The molecule has 4 atom stereocenters. The fraction of sp³-hybridized carbons (Fsp3) is 0.323. The van der Waals surface area contributed by atoms with Crippen molar-refractivity contribution in [1.82, 2.24) is 0 Å². The Bertz CT molecular complexity index is 1250. The van der Waals surface area contributed by atoms with Crippen molar-refractivity contribution in [3.05, 3.63) is 107 Å². The lowest BCUT2D eigenvalue weighted by Crippen LogP contribution is -2.55. The molecule has 1 aliphatic carbocycles. The summed E-state index contributed by atoms with van der Waals surface area (Å²) in [7, 11) is 0. The quantitative estimate of drug-likeness (QED) is 0.247. The Morgan fingerprint density at radius 2 is 1.37 bits per heavy atom. The van der Waals surface area contributed by atoms with Gasteiger partial charge in [-0.3, -0.25) is 9.59 Å². The highest BCUT2D eigenvalue weighted by Gasteiger charge is 2.56. The molecule has 0 bridgehead atoms. The molecular weight excluding hydrogens is 482 g/mol. The SMILES string of the molecule is CCc1ccc([C@@H]2[C@H](C(=O)OCc3ccccc3)/C(=N/O)C[C@](C)(O)[C@H]2C(=O)OCc2ccccc2)cc1. The Labute approximate surface area is 222 Å². The van der Waals surface area contributed by atoms with Gasteiger partial charge in [-0.1, -0.05) is 97.0 Å². The van der Waals surface area contributed by atoms with Gasteiger partial charge in [0.25, 0.3) is 0 Å². The van der Waals surface area contributed by atoms with Gasteiger partial charge in [0.05, 0.1) is 17.2 Å². The van der Waals surface area contributed by atoms with Crippen molar-refractivity contribution in [2.24, 2.45) is 17.0 Å². The Balaban J connectivity index is 1.70. The molecule has 0 amide bonds. The third kappa shape index (κ3) is 6.11. The van der Waals surface area contributed by atoms with Crippen molar-refractivity contribution >= 4 is 17.7 Å². The topological polar surface area (TPSA) is 105 Å². The second-order valence-electron chi connectivity index (χ2n) is 9.89. The molecule has 0 heterocycles. The third-order valence-electron chi connectivity index (χ3n) is 7.14. The van der Waals surface area contributed by atoms with Crippen LogP contribution in [0.1, 0.15) is 48.4 Å². The number of nitrogens with zero attached hydrogens (tertiary/aromatic N) is 1. The summed E-state index contributed by atoms with van der Waals surface area (Å²) in [6.45, 7) is 3.59. The zero-order chi connectivity index (χ0) is 27.1. The van der Waals surface area contributed by atoms with Crippen LogP contribution in [0.4, 0.5) is 0 Å². The minimum absolute atomic E-state index is 0.0237. The number of carbonyl (C=O) groups is 2. The molecule has 1 fully saturated rings. The Hall–Kier alpha value is -3.97. The molecular formula is C31H33NO6. The van der Waals surface area contributed by atoms with Gasteiger partial charge in [-0.05, 0) is 35.6 Å². The molecule has 0 unspecified atom stereocenters. The van der Waals surface area contributed by atoms with Crippen LogP contribution in [0.25, 0.3) is 0 Å². The Morgan fingerprint density at radius 1 is 0.842 bits per heavy atom. The molecule has 1 aliphatic rings. The van der Waals surface area contributed by atoms with E-state index in [4.69, 9.17) is 9.47 Å². The molecule has 7 nitrogen and oxygen atoms in total. The standard InChI is InChI=1S/C31H33NO6/c1-3-21-14-16-24(17-15-21)26-27(29(33)37-19-22-10-6-4-7-11-22)25(32-36)18-31(2,35)28(26)30(34)38-20-23-12-8-5-9-13-23/h4-17,26-28,35-36H,3,18-20H2,1-2H3/b32-25+/t26-,27-,28-,31+/m1/s1. The van der Waals surface area contributed by atoms with E-state index >= 15 is 0 Å². The fourth-order valence-electron chi connectivity index (χ4n) is 5.15. The summed E-state index contributed by atoms with van der Waals surface area (Å²) < 4.78 is 11.3. The molecule has 198 valence electrons. The smallest absolute Gasteiger partial charge is 0.315 e. The first-order valence-corrected chi connectivity index (χ1v) is 12.8. The average molecular weight is 516 g/mol. The monoisotopic (exact) mass is 515 g/mol. The molecule has 38 heavy (non-hydrogen) atoms. The summed E-state index contributed by atoms with van der Waals surface area (Å²) in [5.41, 5.74) is 1.75. The summed E-state index contributed by atoms with van der Waals surface area (Å²) in [6, 6.07) is 26.0. The van der Waals surface area contributed by atoms with Crippen LogP contribution in [-0.4, -0.2) is 33.6 Å². The van der Waals surface area contributed by atoms with E-state index in [0.29, 0.717) is 5.56 Å². The van der Waals surface area contributed by atoms with E-state index in [1.54, 1.807) is 0 Å². The van der Waals surface area contributed by atoms with Gasteiger partial charge in [-0.15, -0.1) is 0 Å². The van der Waals surface area contributed by atoms with Gasteiger partial charge in [0.2, 0.25) is 0 Å². The van der Waals surface area contributed by atoms with Gasteiger partial charge in [0.15, 0.2) is 0 Å². The van der Waals surface area contributed by atoms with E-state index in [0.717, 1.165) is 23.1 Å². The van der Waals surface area contributed by atoms with Gasteiger partial charge in [-0.25, -0.2) is 0 Å². The van der Waals surface area contributed by atoms with Crippen LogP contribution in [0.2, 0.25) is 0 Å². The third-order valence-corrected chi connectivity index (χ3v) is 7.14. The average Bonchev–Trinajstić information content (AvgIpc) is 2.94. The number of hydrogen-bond donors (Lipinski definition) is 2. The van der Waals surface area contributed by atoms with E-state index < -0.39 is 35.3 Å². The van der Waals surface area contributed by atoms with E-state index in [1.165, 1.54) is 6.92 Å². The molecule has 0 aliphatic heterocycles. The maximum atomic E-state index is 13.6. The van der Waals surface area contributed by atoms with Crippen LogP contribution in [0, 0.1) is 11.8 Å². The van der Waals surface area contributed by atoms with Crippen LogP contribution in [0.5, 0.6) is 0 Å². The van der Waals surface area contributed by atoms with Crippen molar-refractivity contribution in [3.8, 4) is 0 Å². The summed E-state index contributed by atoms with van der Waals surface area (Å²) in [6.07, 6.45) is 0.625. The minimum Gasteiger partial charge on any atom is -0.461 e. The van der Waals surface area contributed by atoms with Crippen LogP contribution in [0.3, 0.4) is 0 Å². The molecule has 2 N–H and O–H groups in total. The summed E-state index contributed by atoms with van der Waals surface area (Å²) >= 11 is 0. The van der Waals surface area contributed by atoms with E-state index in [2.05, 4.69) is 5.16 Å². The highest BCUT2D eigenvalue weighted by Crippen LogP contribution is 2.47. The van der Waals surface area contributed by atoms with Crippen LogP contribution < -0.4 is 0 Å². The Kier molecular flexibility index (Phi) is 8.59. The second kappa shape index (κ2) is 12.0. The number of rotatable bonds is 8. The molecule has 0 saturated heterocycles. The number of oxime groups is 1. The summed E-state index contributed by atoms with van der Waals surface area (Å²) in [5.74, 6) is -4.35. The van der Waals surface area contributed by atoms with Gasteiger partial charge in [0, 0.05) is 12.3 Å². The molecule has 3 aromatic rings. The number of esters is 2. The number of carbonyl (C=O) groups excluding carboxylic acids is 2. The second-order valence-corrected chi connectivity index (χ2v) is 9.89. The van der Waals surface area contributed by atoms with Crippen LogP contribution >= 0.6 is 0 Å². The zero-order valence-electron chi connectivity index (χ0n) is 21.6. The molecule has 3 aromatic carbocycles. The molecule has 7 heteroatoms. The highest BCUT2D eigenvalue weighted by molar-refractivity contribution is 6.05. The van der Waals surface area contributed by atoms with Crippen LogP contribution in [0.15, 0.2) is 90.1 Å². The lowest BCUT2D eigenvalue weighted by atomic mass is 9.61. The first kappa shape index (κ1) is 27.1. The van der Waals surface area contributed by atoms with Gasteiger partial charge >= 0.3 is 11.9 Å². The normalized spacial score (nSPS) is 24.1. The maximum Gasteiger partial charge on any atom is 0.315 e. The van der Waals surface area contributed by atoms with Gasteiger partial charge in [0.1, 0.15) is 19.1 Å². The zero-order valence-corrected chi connectivity index (χ0v) is 21.6.